The fourth-order valence-corrected chi connectivity index (χ4v) is 6.08. The standard InChI is InChI=1S/C29H32Cl2N4O7S/c1-18(2)32-29(37)20(4)33(16-21-7-6-8-22(30)13-21)28(36)17-34(26-14-23(31)10-12-27(26)42-5)43(40,41)24-11-9-19(3)25(15-24)35(38)39/h6-15,18,20H,16-17H2,1-5H3,(H,32,37). The summed E-state index contributed by atoms with van der Waals surface area (Å²) in [5, 5.41) is 15.0. The van der Waals surface area contributed by atoms with E-state index in [1.807, 2.05) is 0 Å². The number of nitrogens with zero attached hydrogens (tertiary/aromatic N) is 3. The van der Waals surface area contributed by atoms with Gasteiger partial charge in [0.05, 0.1) is 22.6 Å². The van der Waals surface area contributed by atoms with Crippen LogP contribution in [0.25, 0.3) is 0 Å². The maximum atomic E-state index is 14.1. The molecule has 0 fully saturated rings. The number of halogens is 2. The quantitative estimate of drug-likeness (QED) is 0.206. The van der Waals surface area contributed by atoms with Crippen LogP contribution in [0.15, 0.2) is 65.6 Å². The zero-order valence-electron chi connectivity index (χ0n) is 24.2. The van der Waals surface area contributed by atoms with E-state index in [2.05, 4.69) is 5.32 Å². The van der Waals surface area contributed by atoms with Gasteiger partial charge < -0.3 is 15.0 Å². The van der Waals surface area contributed by atoms with Gasteiger partial charge in [0.1, 0.15) is 18.3 Å². The first kappa shape index (κ1) is 33.6. The van der Waals surface area contributed by atoms with Crippen LogP contribution < -0.4 is 14.4 Å². The first-order valence-corrected chi connectivity index (χ1v) is 15.3. The number of benzene rings is 3. The van der Waals surface area contributed by atoms with Crippen molar-refractivity contribution < 1.29 is 27.7 Å². The molecule has 0 saturated heterocycles. The van der Waals surface area contributed by atoms with E-state index in [1.54, 1.807) is 38.1 Å². The number of carbonyl (C=O) groups excluding carboxylic acids is 2. The van der Waals surface area contributed by atoms with Crippen molar-refractivity contribution in [3.05, 3.63) is 92.0 Å². The van der Waals surface area contributed by atoms with Gasteiger partial charge in [-0.15, -0.1) is 0 Å². The second-order valence-corrected chi connectivity index (χ2v) is 12.8. The summed E-state index contributed by atoms with van der Waals surface area (Å²) in [6.45, 7) is 5.70. The molecule has 43 heavy (non-hydrogen) atoms. The third-order valence-corrected chi connectivity index (χ3v) is 8.72. The van der Waals surface area contributed by atoms with Crippen molar-refractivity contribution in [1.82, 2.24) is 10.2 Å². The Balaban J connectivity index is 2.17. The Morgan fingerprint density at radius 1 is 1.02 bits per heavy atom. The lowest BCUT2D eigenvalue weighted by atomic mass is 10.1. The highest BCUT2D eigenvalue weighted by molar-refractivity contribution is 7.92. The van der Waals surface area contributed by atoms with E-state index in [0.29, 0.717) is 10.6 Å². The zero-order chi connectivity index (χ0) is 32.1. The predicted molar refractivity (Wildman–Crippen MR) is 165 cm³/mol. The van der Waals surface area contributed by atoms with Gasteiger partial charge in [-0.05, 0) is 69.7 Å². The van der Waals surface area contributed by atoms with Crippen LogP contribution in [0.2, 0.25) is 10.0 Å². The number of anilines is 1. The molecule has 230 valence electrons. The average molecular weight is 652 g/mol. The number of nitrogens with one attached hydrogen (secondary N) is 1. The Morgan fingerprint density at radius 2 is 1.70 bits per heavy atom. The molecule has 1 unspecified atom stereocenters. The molecular weight excluding hydrogens is 619 g/mol. The number of ether oxygens (including phenoxy) is 1. The molecule has 0 saturated carbocycles. The molecule has 3 rings (SSSR count). The van der Waals surface area contributed by atoms with Gasteiger partial charge in [-0.2, -0.15) is 0 Å². The maximum Gasteiger partial charge on any atom is 0.273 e. The van der Waals surface area contributed by atoms with Gasteiger partial charge >= 0.3 is 0 Å². The molecule has 14 heteroatoms. The number of sulfonamides is 1. The number of nitro groups is 1. The van der Waals surface area contributed by atoms with E-state index in [1.165, 1.54) is 56.2 Å². The van der Waals surface area contributed by atoms with Crippen molar-refractivity contribution in [1.29, 1.82) is 0 Å². The predicted octanol–water partition coefficient (Wildman–Crippen LogP) is 5.36. The fourth-order valence-electron chi connectivity index (χ4n) is 4.26. The first-order valence-electron chi connectivity index (χ1n) is 13.1. The third-order valence-electron chi connectivity index (χ3n) is 6.49. The minimum Gasteiger partial charge on any atom is -0.495 e. The van der Waals surface area contributed by atoms with Crippen LogP contribution in [0.3, 0.4) is 0 Å². The topological polar surface area (TPSA) is 139 Å². The summed E-state index contributed by atoms with van der Waals surface area (Å²) in [5.41, 5.74) is 0.374. The second-order valence-electron chi connectivity index (χ2n) is 10.0. The molecule has 0 bridgehead atoms. The number of hydrogen-bond donors (Lipinski definition) is 1. The Kier molecular flexibility index (Phi) is 11.0. The fraction of sp³-hybridized carbons (Fsp3) is 0.310. The molecule has 1 atom stereocenters. The van der Waals surface area contributed by atoms with Gasteiger partial charge in [0.15, 0.2) is 0 Å². The molecule has 11 nitrogen and oxygen atoms in total. The highest BCUT2D eigenvalue weighted by atomic mass is 35.5. The Hall–Kier alpha value is -3.87. The summed E-state index contributed by atoms with van der Waals surface area (Å²) in [7, 11) is -3.31. The van der Waals surface area contributed by atoms with Crippen molar-refractivity contribution in [3.63, 3.8) is 0 Å². The van der Waals surface area contributed by atoms with Crippen LogP contribution in [0, 0.1) is 17.0 Å². The third kappa shape index (κ3) is 8.15. The molecule has 0 aromatic heterocycles. The molecule has 0 spiro atoms. The van der Waals surface area contributed by atoms with Gasteiger partial charge in [0, 0.05) is 34.3 Å². The number of rotatable bonds is 12. The summed E-state index contributed by atoms with van der Waals surface area (Å²) in [5.74, 6) is -1.11. The molecule has 0 aliphatic heterocycles. The van der Waals surface area contributed by atoms with Gasteiger partial charge in [0.2, 0.25) is 11.8 Å². The zero-order valence-corrected chi connectivity index (χ0v) is 26.5. The minimum atomic E-state index is -4.63. The lowest BCUT2D eigenvalue weighted by molar-refractivity contribution is -0.385. The van der Waals surface area contributed by atoms with Crippen molar-refractivity contribution in [2.75, 3.05) is 18.0 Å². The van der Waals surface area contributed by atoms with Crippen molar-refractivity contribution in [3.8, 4) is 5.75 Å². The van der Waals surface area contributed by atoms with E-state index in [9.17, 15) is 28.1 Å². The summed E-state index contributed by atoms with van der Waals surface area (Å²) < 4.78 is 34.5. The monoisotopic (exact) mass is 650 g/mol. The molecule has 0 heterocycles. The highest BCUT2D eigenvalue weighted by Gasteiger charge is 2.35. The Bertz CT molecular complexity index is 1630. The summed E-state index contributed by atoms with van der Waals surface area (Å²) in [4.78, 5) is 38.8. The van der Waals surface area contributed by atoms with Crippen molar-refractivity contribution in [2.45, 2.75) is 51.2 Å². The first-order chi connectivity index (χ1) is 20.1. The van der Waals surface area contributed by atoms with Crippen LogP contribution in [0.5, 0.6) is 5.75 Å². The van der Waals surface area contributed by atoms with Crippen LogP contribution >= 0.6 is 23.2 Å². The number of nitro benzene ring substituents is 1. The summed E-state index contributed by atoms with van der Waals surface area (Å²) in [6.07, 6.45) is 0. The minimum absolute atomic E-state index is 0.0668. The van der Waals surface area contributed by atoms with E-state index in [-0.39, 0.29) is 34.6 Å². The molecule has 2 amide bonds. The maximum absolute atomic E-state index is 14.1. The molecule has 0 aliphatic carbocycles. The average Bonchev–Trinajstić information content (AvgIpc) is 2.93. The van der Waals surface area contributed by atoms with Gasteiger partial charge in [-0.25, -0.2) is 8.42 Å². The van der Waals surface area contributed by atoms with Crippen LogP contribution in [-0.4, -0.2) is 55.8 Å². The molecule has 3 aromatic rings. The Labute approximate surface area is 260 Å². The number of carbonyl (C=O) groups is 2. The molecule has 0 radical (unpaired) electrons. The van der Waals surface area contributed by atoms with Crippen molar-refractivity contribution >= 4 is 56.4 Å². The molecule has 3 aromatic carbocycles. The lowest BCUT2D eigenvalue weighted by Gasteiger charge is -2.32. The van der Waals surface area contributed by atoms with Crippen LogP contribution in [0.4, 0.5) is 11.4 Å². The second kappa shape index (κ2) is 14.1. The highest BCUT2D eigenvalue weighted by Crippen LogP contribution is 2.36. The Morgan fingerprint density at radius 3 is 2.30 bits per heavy atom. The van der Waals surface area contributed by atoms with Crippen LogP contribution in [-0.2, 0) is 26.2 Å². The molecule has 1 N–H and O–H groups in total. The number of methoxy groups -OCH3 is 1. The van der Waals surface area contributed by atoms with E-state index < -0.39 is 49.9 Å². The largest absolute Gasteiger partial charge is 0.495 e. The summed E-state index contributed by atoms with van der Waals surface area (Å²) >= 11 is 12.4. The normalized spacial score (nSPS) is 12.0. The van der Waals surface area contributed by atoms with Gasteiger partial charge in [-0.3, -0.25) is 24.0 Å². The number of amides is 2. The van der Waals surface area contributed by atoms with E-state index in [0.717, 1.165) is 10.4 Å². The van der Waals surface area contributed by atoms with E-state index in [4.69, 9.17) is 27.9 Å². The lowest BCUT2D eigenvalue weighted by Crippen LogP contribution is -2.52. The van der Waals surface area contributed by atoms with Gasteiger partial charge in [-0.1, -0.05) is 41.4 Å². The van der Waals surface area contributed by atoms with Gasteiger partial charge in [0.25, 0.3) is 15.7 Å². The molecule has 0 aliphatic rings. The van der Waals surface area contributed by atoms with Crippen LogP contribution in [0.1, 0.15) is 31.9 Å². The SMILES string of the molecule is COc1ccc(Cl)cc1N(CC(=O)N(Cc1cccc(Cl)c1)C(C)C(=O)NC(C)C)S(=O)(=O)c1ccc(C)c([N+](=O)[O-])c1. The smallest absolute Gasteiger partial charge is 0.273 e. The van der Waals surface area contributed by atoms with Crippen molar-refractivity contribution in [2.24, 2.45) is 0 Å². The molecular formula is C29H32Cl2N4O7S. The summed E-state index contributed by atoms with van der Waals surface area (Å²) in [6, 6.07) is 13.2. The number of aryl methyl sites for hydroxylation is 1. The van der Waals surface area contributed by atoms with E-state index >= 15 is 0 Å². The number of hydrogen-bond acceptors (Lipinski definition) is 7.